The number of nitrogens with zero attached hydrogens (tertiary/aromatic N) is 6. The van der Waals surface area contributed by atoms with Crippen LogP contribution in [0.15, 0.2) is 67.6 Å². The van der Waals surface area contributed by atoms with Crippen LogP contribution in [0.5, 0.6) is 0 Å². The molecule has 0 radical (unpaired) electrons. The Morgan fingerprint density at radius 3 is 2.80 bits per heavy atom. The normalized spacial score (nSPS) is 11.5. The highest BCUT2D eigenvalue weighted by molar-refractivity contribution is 5.96. The average molecular weight is 392 g/mol. The van der Waals surface area contributed by atoms with Gasteiger partial charge in [0.15, 0.2) is 0 Å². The number of aromatic nitrogens is 8. The van der Waals surface area contributed by atoms with Crippen LogP contribution in [0, 0.1) is 6.92 Å². The van der Waals surface area contributed by atoms with Crippen LogP contribution in [0.25, 0.3) is 50.3 Å². The fourth-order valence-electron chi connectivity index (χ4n) is 3.68. The van der Waals surface area contributed by atoms with Crippen molar-refractivity contribution in [3.8, 4) is 28.3 Å². The molecule has 0 saturated heterocycles. The lowest BCUT2D eigenvalue weighted by Crippen LogP contribution is -1.91. The molecule has 0 aliphatic heterocycles. The second-order valence-electron chi connectivity index (χ2n) is 7.13. The van der Waals surface area contributed by atoms with Crippen LogP contribution in [-0.4, -0.2) is 39.7 Å². The molecule has 0 bridgehead atoms. The summed E-state index contributed by atoms with van der Waals surface area (Å²) in [6.07, 6.45) is 11.0. The maximum atomic E-state index is 4.85. The number of aryl methyl sites for hydroxylation is 1. The molecule has 0 saturated carbocycles. The van der Waals surface area contributed by atoms with Gasteiger partial charge in [0.25, 0.3) is 0 Å². The summed E-state index contributed by atoms with van der Waals surface area (Å²) in [6.45, 7) is 1.97. The number of pyridine rings is 3. The van der Waals surface area contributed by atoms with E-state index in [1.165, 1.54) is 0 Å². The molecule has 0 atom stereocenters. The van der Waals surface area contributed by atoms with E-state index in [-0.39, 0.29) is 0 Å². The van der Waals surface area contributed by atoms with Gasteiger partial charge < -0.3 is 9.55 Å². The van der Waals surface area contributed by atoms with E-state index in [0.717, 1.165) is 56.0 Å². The molecule has 0 spiro atoms. The van der Waals surface area contributed by atoms with Gasteiger partial charge in [-0.15, -0.1) is 0 Å². The van der Waals surface area contributed by atoms with E-state index in [1.54, 1.807) is 12.5 Å². The SMILES string of the molecule is Cc1cn(-c2cncc3[nH]c(-c4n[nH]c5ccc(-c6cccnc6)nc45)cc23)cn1. The Labute approximate surface area is 170 Å². The van der Waals surface area contributed by atoms with Crippen molar-refractivity contribution in [1.29, 1.82) is 0 Å². The van der Waals surface area contributed by atoms with E-state index >= 15 is 0 Å². The molecule has 30 heavy (non-hydrogen) atoms. The van der Waals surface area contributed by atoms with Crippen LogP contribution in [0.3, 0.4) is 0 Å². The van der Waals surface area contributed by atoms with Crippen LogP contribution < -0.4 is 0 Å². The van der Waals surface area contributed by atoms with E-state index < -0.39 is 0 Å². The lowest BCUT2D eigenvalue weighted by molar-refractivity contribution is 1.05. The number of nitrogens with one attached hydrogen (secondary N) is 2. The predicted molar refractivity (Wildman–Crippen MR) is 114 cm³/mol. The fraction of sp³-hybridized carbons (Fsp3) is 0.0455. The summed E-state index contributed by atoms with van der Waals surface area (Å²) in [4.78, 5) is 21.2. The Balaban J connectivity index is 1.52. The van der Waals surface area contributed by atoms with Crippen molar-refractivity contribution in [2.45, 2.75) is 6.92 Å². The van der Waals surface area contributed by atoms with E-state index in [0.29, 0.717) is 0 Å². The molecule has 6 heterocycles. The first-order chi connectivity index (χ1) is 14.8. The molecular formula is C22H16N8. The third-order valence-electron chi connectivity index (χ3n) is 5.13. The second kappa shape index (κ2) is 6.35. The van der Waals surface area contributed by atoms with E-state index in [1.807, 2.05) is 60.5 Å². The molecule has 0 fully saturated rings. The van der Waals surface area contributed by atoms with E-state index in [4.69, 9.17) is 4.98 Å². The summed E-state index contributed by atoms with van der Waals surface area (Å²) in [5.74, 6) is 0. The Kier molecular flexibility index (Phi) is 3.51. The molecular weight excluding hydrogens is 376 g/mol. The molecule has 0 aromatic carbocycles. The topological polar surface area (TPSA) is 101 Å². The van der Waals surface area contributed by atoms with Crippen molar-refractivity contribution in [3.05, 3.63) is 73.3 Å². The molecule has 0 aliphatic rings. The summed E-state index contributed by atoms with van der Waals surface area (Å²) < 4.78 is 1.98. The monoisotopic (exact) mass is 392 g/mol. The number of rotatable bonds is 3. The molecule has 6 aromatic heterocycles. The van der Waals surface area contributed by atoms with Gasteiger partial charge in [0.05, 0.1) is 52.5 Å². The van der Waals surface area contributed by atoms with Crippen LogP contribution in [-0.2, 0) is 0 Å². The quantitative estimate of drug-likeness (QED) is 0.473. The van der Waals surface area contributed by atoms with Crippen molar-refractivity contribution in [2.75, 3.05) is 0 Å². The molecule has 6 aromatic rings. The average Bonchev–Trinajstić information content (AvgIpc) is 3.51. The number of fused-ring (bicyclic) bond motifs is 2. The summed E-state index contributed by atoms with van der Waals surface area (Å²) >= 11 is 0. The van der Waals surface area contributed by atoms with Crippen molar-refractivity contribution < 1.29 is 0 Å². The third-order valence-corrected chi connectivity index (χ3v) is 5.13. The summed E-state index contributed by atoms with van der Waals surface area (Å²) in [7, 11) is 0. The minimum atomic E-state index is 0.764. The van der Waals surface area contributed by atoms with Crippen molar-refractivity contribution in [3.63, 3.8) is 0 Å². The molecule has 0 unspecified atom stereocenters. The summed E-state index contributed by atoms with van der Waals surface area (Å²) in [5, 5.41) is 8.65. The van der Waals surface area contributed by atoms with Crippen LogP contribution in [0.4, 0.5) is 0 Å². The smallest absolute Gasteiger partial charge is 0.135 e. The summed E-state index contributed by atoms with van der Waals surface area (Å²) in [5.41, 5.74) is 7.96. The highest BCUT2D eigenvalue weighted by Gasteiger charge is 2.15. The number of aromatic amines is 2. The van der Waals surface area contributed by atoms with Gasteiger partial charge in [-0.2, -0.15) is 5.10 Å². The van der Waals surface area contributed by atoms with Crippen molar-refractivity contribution in [2.24, 2.45) is 0 Å². The number of H-pyrrole nitrogens is 2. The largest absolute Gasteiger partial charge is 0.352 e. The van der Waals surface area contributed by atoms with E-state index in [2.05, 4.69) is 36.2 Å². The Morgan fingerprint density at radius 1 is 1.00 bits per heavy atom. The third kappa shape index (κ3) is 2.58. The van der Waals surface area contributed by atoms with Gasteiger partial charge >= 0.3 is 0 Å². The molecule has 6 rings (SSSR count). The van der Waals surface area contributed by atoms with Crippen molar-refractivity contribution >= 4 is 21.9 Å². The molecule has 0 amide bonds. The van der Waals surface area contributed by atoms with E-state index in [9.17, 15) is 0 Å². The van der Waals surface area contributed by atoms with Gasteiger partial charge in [-0.3, -0.25) is 15.1 Å². The first-order valence-electron chi connectivity index (χ1n) is 9.50. The predicted octanol–water partition coefficient (Wildman–Crippen LogP) is 4.06. The highest BCUT2D eigenvalue weighted by atomic mass is 15.1. The maximum Gasteiger partial charge on any atom is 0.135 e. The zero-order chi connectivity index (χ0) is 20.1. The van der Waals surface area contributed by atoms with Crippen LogP contribution >= 0.6 is 0 Å². The number of hydrogen-bond donors (Lipinski definition) is 2. The molecule has 0 aliphatic carbocycles. The van der Waals surface area contributed by atoms with Gasteiger partial charge in [-0.1, -0.05) is 0 Å². The van der Waals surface area contributed by atoms with Crippen LogP contribution in [0.1, 0.15) is 5.69 Å². The lowest BCUT2D eigenvalue weighted by Gasteiger charge is -2.02. The first kappa shape index (κ1) is 16.6. The standard InChI is InChI=1S/C22H16N8/c1-13-11-30(12-25-13)20-10-24-9-19-15(20)7-18(26-19)22-21-17(28-29-22)5-4-16(27-21)14-3-2-6-23-8-14/h2-12,26H,1H3,(H,28,29). The Hall–Kier alpha value is -4.33. The second-order valence-corrected chi connectivity index (χ2v) is 7.13. The minimum Gasteiger partial charge on any atom is -0.352 e. The van der Waals surface area contributed by atoms with Gasteiger partial charge in [0.1, 0.15) is 11.2 Å². The molecule has 8 nitrogen and oxygen atoms in total. The first-order valence-corrected chi connectivity index (χ1v) is 9.50. The van der Waals surface area contributed by atoms with Crippen molar-refractivity contribution in [1.82, 2.24) is 39.7 Å². The maximum absolute atomic E-state index is 4.85. The fourth-order valence-corrected chi connectivity index (χ4v) is 3.68. The van der Waals surface area contributed by atoms with Gasteiger partial charge in [-0.25, -0.2) is 9.97 Å². The highest BCUT2D eigenvalue weighted by Crippen LogP contribution is 2.31. The number of imidazole rings is 1. The Bertz CT molecular complexity index is 1510. The summed E-state index contributed by atoms with van der Waals surface area (Å²) in [6, 6.07) is 9.94. The molecule has 2 N–H and O–H groups in total. The van der Waals surface area contributed by atoms with Gasteiger partial charge in [0, 0.05) is 29.5 Å². The lowest BCUT2D eigenvalue weighted by atomic mass is 10.1. The molecule has 8 heteroatoms. The Morgan fingerprint density at radius 2 is 1.97 bits per heavy atom. The minimum absolute atomic E-state index is 0.764. The van der Waals surface area contributed by atoms with Crippen LogP contribution in [0.2, 0.25) is 0 Å². The molecule has 144 valence electrons. The number of hydrogen-bond acceptors (Lipinski definition) is 5. The zero-order valence-corrected chi connectivity index (χ0v) is 16.0. The zero-order valence-electron chi connectivity index (χ0n) is 16.0. The van der Waals surface area contributed by atoms with Gasteiger partial charge in [0.2, 0.25) is 0 Å². The van der Waals surface area contributed by atoms with Gasteiger partial charge in [-0.05, 0) is 37.3 Å².